The lowest BCUT2D eigenvalue weighted by atomic mass is 9.87. The van der Waals surface area contributed by atoms with Gasteiger partial charge in [0.25, 0.3) is 0 Å². The van der Waals surface area contributed by atoms with E-state index in [0.29, 0.717) is 13.1 Å². The summed E-state index contributed by atoms with van der Waals surface area (Å²) >= 11 is 0. The number of carbonyl (C=O) groups excluding carboxylic acids is 1. The maximum absolute atomic E-state index is 11.9. The third-order valence-electron chi connectivity index (χ3n) is 2.94. The predicted octanol–water partition coefficient (Wildman–Crippen LogP) is 1.07. The van der Waals surface area contributed by atoms with Crippen LogP contribution in [0.5, 0.6) is 0 Å². The Morgan fingerprint density at radius 1 is 1.56 bits per heavy atom. The Morgan fingerprint density at radius 2 is 2.31 bits per heavy atom. The van der Waals surface area contributed by atoms with Crippen LogP contribution in [0.25, 0.3) is 0 Å². The molecule has 0 aliphatic heterocycles. The molecule has 0 aliphatic carbocycles. The SMILES string of the molecule is CCC(C)(CN)C(=O)NCc1ccccn1. The summed E-state index contributed by atoms with van der Waals surface area (Å²) in [5.74, 6) is -0.0110. The molecule has 4 heteroatoms. The average molecular weight is 221 g/mol. The van der Waals surface area contributed by atoms with Crippen molar-refractivity contribution in [3.63, 3.8) is 0 Å². The van der Waals surface area contributed by atoms with Gasteiger partial charge in [-0.25, -0.2) is 0 Å². The van der Waals surface area contributed by atoms with Gasteiger partial charge in [0.15, 0.2) is 0 Å². The van der Waals surface area contributed by atoms with Crippen molar-refractivity contribution < 1.29 is 4.79 Å². The normalized spacial score (nSPS) is 14.2. The summed E-state index contributed by atoms with van der Waals surface area (Å²) in [6.45, 7) is 4.65. The number of amides is 1. The number of aromatic nitrogens is 1. The van der Waals surface area contributed by atoms with E-state index in [1.807, 2.05) is 32.0 Å². The second-order valence-corrected chi connectivity index (χ2v) is 4.12. The van der Waals surface area contributed by atoms with Gasteiger partial charge in [-0.3, -0.25) is 9.78 Å². The molecule has 0 bridgehead atoms. The van der Waals surface area contributed by atoms with Gasteiger partial charge in [0.2, 0.25) is 5.91 Å². The first kappa shape index (κ1) is 12.6. The summed E-state index contributed by atoms with van der Waals surface area (Å²) < 4.78 is 0. The first-order chi connectivity index (χ1) is 7.62. The van der Waals surface area contributed by atoms with E-state index in [4.69, 9.17) is 5.73 Å². The zero-order chi connectivity index (χ0) is 12.0. The van der Waals surface area contributed by atoms with Crippen LogP contribution in [0.4, 0.5) is 0 Å². The third kappa shape index (κ3) is 3.03. The van der Waals surface area contributed by atoms with Crippen molar-refractivity contribution in [3.8, 4) is 0 Å². The van der Waals surface area contributed by atoms with Gasteiger partial charge >= 0.3 is 0 Å². The maximum Gasteiger partial charge on any atom is 0.227 e. The second kappa shape index (κ2) is 5.61. The van der Waals surface area contributed by atoms with Crippen LogP contribution < -0.4 is 11.1 Å². The van der Waals surface area contributed by atoms with Gasteiger partial charge in [0, 0.05) is 12.7 Å². The summed E-state index contributed by atoms with van der Waals surface area (Å²) in [5, 5.41) is 2.86. The van der Waals surface area contributed by atoms with Gasteiger partial charge in [-0.2, -0.15) is 0 Å². The zero-order valence-electron chi connectivity index (χ0n) is 9.86. The minimum absolute atomic E-state index is 0.0110. The van der Waals surface area contributed by atoms with Gasteiger partial charge in [-0.15, -0.1) is 0 Å². The fourth-order valence-electron chi connectivity index (χ4n) is 1.28. The van der Waals surface area contributed by atoms with Crippen molar-refractivity contribution in [2.24, 2.45) is 11.1 Å². The van der Waals surface area contributed by atoms with Gasteiger partial charge in [-0.05, 0) is 25.5 Å². The minimum atomic E-state index is -0.477. The fraction of sp³-hybridized carbons (Fsp3) is 0.500. The van der Waals surface area contributed by atoms with Crippen LogP contribution in [-0.2, 0) is 11.3 Å². The number of hydrogen-bond acceptors (Lipinski definition) is 3. The number of nitrogens with zero attached hydrogens (tertiary/aromatic N) is 1. The molecule has 4 nitrogen and oxygen atoms in total. The van der Waals surface area contributed by atoms with Crippen molar-refractivity contribution in [1.82, 2.24) is 10.3 Å². The standard InChI is InChI=1S/C12H19N3O/c1-3-12(2,9-13)11(16)15-8-10-6-4-5-7-14-10/h4-7H,3,8-9,13H2,1-2H3,(H,15,16). The minimum Gasteiger partial charge on any atom is -0.350 e. The molecule has 1 rings (SSSR count). The Hall–Kier alpha value is -1.42. The lowest BCUT2D eigenvalue weighted by Gasteiger charge is -2.24. The van der Waals surface area contributed by atoms with Crippen LogP contribution in [0.2, 0.25) is 0 Å². The third-order valence-corrected chi connectivity index (χ3v) is 2.94. The van der Waals surface area contributed by atoms with E-state index in [-0.39, 0.29) is 5.91 Å². The molecule has 1 atom stereocenters. The van der Waals surface area contributed by atoms with Crippen molar-refractivity contribution in [1.29, 1.82) is 0 Å². The Morgan fingerprint density at radius 3 is 2.81 bits per heavy atom. The summed E-state index contributed by atoms with van der Waals surface area (Å²) in [5.41, 5.74) is 5.99. The lowest BCUT2D eigenvalue weighted by molar-refractivity contribution is -0.130. The van der Waals surface area contributed by atoms with Crippen LogP contribution in [0.1, 0.15) is 26.0 Å². The van der Waals surface area contributed by atoms with Crippen molar-refractivity contribution >= 4 is 5.91 Å². The molecule has 88 valence electrons. The van der Waals surface area contributed by atoms with Crippen LogP contribution in [0, 0.1) is 5.41 Å². The van der Waals surface area contributed by atoms with Crippen LogP contribution in [0.15, 0.2) is 24.4 Å². The van der Waals surface area contributed by atoms with E-state index >= 15 is 0 Å². The molecule has 0 spiro atoms. The van der Waals surface area contributed by atoms with E-state index in [1.54, 1.807) is 6.20 Å². The Labute approximate surface area is 96.3 Å². The van der Waals surface area contributed by atoms with E-state index in [2.05, 4.69) is 10.3 Å². The van der Waals surface area contributed by atoms with Gasteiger partial charge < -0.3 is 11.1 Å². The number of nitrogens with two attached hydrogens (primary N) is 1. The number of hydrogen-bond donors (Lipinski definition) is 2. The highest BCUT2D eigenvalue weighted by Crippen LogP contribution is 2.19. The topological polar surface area (TPSA) is 68.0 Å². The molecule has 16 heavy (non-hydrogen) atoms. The fourth-order valence-corrected chi connectivity index (χ4v) is 1.28. The molecule has 0 aliphatic rings. The Balaban J connectivity index is 2.53. The van der Waals surface area contributed by atoms with Gasteiger partial charge in [0.05, 0.1) is 17.7 Å². The second-order valence-electron chi connectivity index (χ2n) is 4.12. The predicted molar refractivity (Wildman–Crippen MR) is 63.5 cm³/mol. The largest absolute Gasteiger partial charge is 0.350 e. The average Bonchev–Trinajstić information content (AvgIpc) is 2.36. The van der Waals surface area contributed by atoms with Crippen LogP contribution >= 0.6 is 0 Å². The zero-order valence-corrected chi connectivity index (χ0v) is 9.86. The molecule has 1 unspecified atom stereocenters. The molecule has 0 saturated carbocycles. The number of nitrogens with one attached hydrogen (secondary N) is 1. The van der Waals surface area contributed by atoms with Gasteiger partial charge in [0.1, 0.15) is 0 Å². The monoisotopic (exact) mass is 221 g/mol. The lowest BCUT2D eigenvalue weighted by Crippen LogP contribution is -2.43. The van der Waals surface area contributed by atoms with Crippen molar-refractivity contribution in [2.75, 3.05) is 6.54 Å². The van der Waals surface area contributed by atoms with E-state index in [9.17, 15) is 4.79 Å². The number of rotatable bonds is 5. The Bertz CT molecular complexity index is 333. The van der Waals surface area contributed by atoms with Gasteiger partial charge in [-0.1, -0.05) is 13.0 Å². The molecule has 0 fully saturated rings. The van der Waals surface area contributed by atoms with E-state index < -0.39 is 5.41 Å². The summed E-state index contributed by atoms with van der Waals surface area (Å²) in [6, 6.07) is 5.63. The summed E-state index contributed by atoms with van der Waals surface area (Å²) in [4.78, 5) is 16.0. The molecule has 3 N–H and O–H groups in total. The molecule has 0 aromatic carbocycles. The number of carbonyl (C=O) groups is 1. The van der Waals surface area contributed by atoms with Crippen molar-refractivity contribution in [2.45, 2.75) is 26.8 Å². The maximum atomic E-state index is 11.9. The summed E-state index contributed by atoms with van der Waals surface area (Å²) in [7, 11) is 0. The first-order valence-electron chi connectivity index (χ1n) is 5.50. The molecule has 1 amide bonds. The Kier molecular flexibility index (Phi) is 4.43. The summed E-state index contributed by atoms with van der Waals surface area (Å²) in [6.07, 6.45) is 2.45. The van der Waals surface area contributed by atoms with Crippen LogP contribution in [0.3, 0.4) is 0 Å². The molecular weight excluding hydrogens is 202 g/mol. The highest BCUT2D eigenvalue weighted by Gasteiger charge is 2.29. The molecule has 1 aromatic heterocycles. The van der Waals surface area contributed by atoms with Crippen molar-refractivity contribution in [3.05, 3.63) is 30.1 Å². The van der Waals surface area contributed by atoms with E-state index in [0.717, 1.165) is 12.1 Å². The molecular formula is C12H19N3O. The molecule has 1 heterocycles. The molecule has 0 radical (unpaired) electrons. The first-order valence-corrected chi connectivity index (χ1v) is 5.50. The highest BCUT2D eigenvalue weighted by molar-refractivity contribution is 5.82. The smallest absolute Gasteiger partial charge is 0.227 e. The van der Waals surface area contributed by atoms with E-state index in [1.165, 1.54) is 0 Å². The molecule has 0 saturated heterocycles. The molecule has 1 aromatic rings. The number of pyridine rings is 1. The highest BCUT2D eigenvalue weighted by atomic mass is 16.2. The van der Waals surface area contributed by atoms with Crippen LogP contribution in [-0.4, -0.2) is 17.4 Å². The quantitative estimate of drug-likeness (QED) is 0.781.